The standard InChI is InChI=1S/C22H22N4O2S/c1-4-18(21(28)23-15-8-6-9-16(27)12-15)29-22-25-24-19-11-14(3)17-10-5-7-13(2)20(17)26(19)22/h5-12,18,27H,4H2,1-3H3,(H,23,28). The van der Waals surface area contributed by atoms with E-state index in [1.165, 1.54) is 17.8 Å². The predicted octanol–water partition coefficient (Wildman–Crippen LogP) is 4.71. The Hall–Kier alpha value is -3.06. The van der Waals surface area contributed by atoms with Gasteiger partial charge >= 0.3 is 0 Å². The van der Waals surface area contributed by atoms with Crippen molar-refractivity contribution in [1.29, 1.82) is 0 Å². The third-order valence-electron chi connectivity index (χ3n) is 4.91. The third-order valence-corrected chi connectivity index (χ3v) is 6.22. The number of nitrogens with one attached hydrogen (secondary N) is 1. The van der Waals surface area contributed by atoms with E-state index in [1.54, 1.807) is 18.2 Å². The number of rotatable bonds is 5. The van der Waals surface area contributed by atoms with Crippen LogP contribution in [0.1, 0.15) is 24.5 Å². The minimum Gasteiger partial charge on any atom is -0.508 e. The van der Waals surface area contributed by atoms with Gasteiger partial charge in [0, 0.05) is 17.1 Å². The van der Waals surface area contributed by atoms with Gasteiger partial charge < -0.3 is 10.4 Å². The summed E-state index contributed by atoms with van der Waals surface area (Å²) in [4.78, 5) is 12.8. The van der Waals surface area contributed by atoms with Crippen LogP contribution in [0.2, 0.25) is 0 Å². The average molecular weight is 407 g/mol. The number of aromatic nitrogens is 3. The Morgan fingerprint density at radius 3 is 2.69 bits per heavy atom. The van der Waals surface area contributed by atoms with Crippen molar-refractivity contribution in [3.8, 4) is 5.75 Å². The number of pyridine rings is 1. The number of thioether (sulfide) groups is 1. The Balaban J connectivity index is 1.70. The number of fused-ring (bicyclic) bond motifs is 3. The second-order valence-electron chi connectivity index (χ2n) is 7.03. The maximum absolute atomic E-state index is 12.8. The number of carbonyl (C=O) groups excluding carboxylic acids is 1. The van der Waals surface area contributed by atoms with Crippen molar-refractivity contribution in [2.45, 2.75) is 37.6 Å². The molecule has 0 aliphatic carbocycles. The quantitative estimate of drug-likeness (QED) is 0.469. The summed E-state index contributed by atoms with van der Waals surface area (Å²) in [6, 6.07) is 14.8. The molecule has 29 heavy (non-hydrogen) atoms. The number of hydrogen-bond acceptors (Lipinski definition) is 5. The van der Waals surface area contributed by atoms with E-state index >= 15 is 0 Å². The maximum atomic E-state index is 12.8. The molecule has 4 aromatic rings. The first-order valence-electron chi connectivity index (χ1n) is 9.48. The molecule has 7 heteroatoms. The van der Waals surface area contributed by atoms with Gasteiger partial charge in [0.1, 0.15) is 5.75 Å². The molecule has 0 radical (unpaired) electrons. The summed E-state index contributed by atoms with van der Waals surface area (Å²) >= 11 is 1.40. The van der Waals surface area contributed by atoms with Crippen LogP contribution in [-0.2, 0) is 4.79 Å². The zero-order valence-electron chi connectivity index (χ0n) is 16.5. The van der Waals surface area contributed by atoms with Crippen LogP contribution in [0, 0.1) is 13.8 Å². The minimum atomic E-state index is -0.342. The van der Waals surface area contributed by atoms with E-state index in [0.29, 0.717) is 17.3 Å². The first-order chi connectivity index (χ1) is 14.0. The van der Waals surface area contributed by atoms with Crippen molar-refractivity contribution in [2.75, 3.05) is 5.32 Å². The highest BCUT2D eigenvalue weighted by Crippen LogP contribution is 2.31. The molecule has 0 spiro atoms. The summed E-state index contributed by atoms with van der Waals surface area (Å²) in [5.74, 6) is -0.0164. The molecule has 1 unspecified atom stereocenters. The predicted molar refractivity (Wildman–Crippen MR) is 117 cm³/mol. The molecule has 6 nitrogen and oxygen atoms in total. The van der Waals surface area contributed by atoms with Crippen LogP contribution in [0.3, 0.4) is 0 Å². The molecular formula is C22H22N4O2S. The second kappa shape index (κ2) is 7.75. The fourth-order valence-electron chi connectivity index (χ4n) is 3.46. The number of para-hydroxylation sites is 1. The SMILES string of the molecule is CCC(Sc1nnc2cc(C)c3cccc(C)c3n12)C(=O)Nc1cccc(O)c1. The van der Waals surface area contributed by atoms with Crippen molar-refractivity contribution in [2.24, 2.45) is 0 Å². The number of phenols is 1. The van der Waals surface area contributed by atoms with Crippen molar-refractivity contribution < 1.29 is 9.90 Å². The number of nitrogens with zero attached hydrogens (tertiary/aromatic N) is 3. The van der Waals surface area contributed by atoms with Crippen LogP contribution in [0.25, 0.3) is 16.6 Å². The summed E-state index contributed by atoms with van der Waals surface area (Å²) in [5.41, 5.74) is 4.69. The molecule has 2 aromatic carbocycles. The van der Waals surface area contributed by atoms with Crippen LogP contribution >= 0.6 is 11.8 Å². The maximum Gasteiger partial charge on any atom is 0.237 e. The van der Waals surface area contributed by atoms with Crippen molar-refractivity contribution in [1.82, 2.24) is 14.6 Å². The molecule has 4 rings (SSSR count). The normalized spacial score (nSPS) is 12.4. The first kappa shape index (κ1) is 19.3. The number of amides is 1. The average Bonchev–Trinajstić information content (AvgIpc) is 3.08. The van der Waals surface area contributed by atoms with Gasteiger partial charge in [0.15, 0.2) is 10.8 Å². The Kier molecular flexibility index (Phi) is 5.15. The van der Waals surface area contributed by atoms with Crippen LogP contribution in [0.4, 0.5) is 5.69 Å². The van der Waals surface area contributed by atoms with E-state index < -0.39 is 0 Å². The molecular weight excluding hydrogens is 384 g/mol. The molecule has 2 N–H and O–H groups in total. The van der Waals surface area contributed by atoms with Crippen LogP contribution < -0.4 is 5.32 Å². The van der Waals surface area contributed by atoms with Gasteiger partial charge in [0.25, 0.3) is 0 Å². The molecule has 148 valence electrons. The van der Waals surface area contributed by atoms with Crippen LogP contribution in [-0.4, -0.2) is 30.9 Å². The fourth-order valence-corrected chi connectivity index (χ4v) is 4.43. The molecule has 0 aliphatic rings. The van der Waals surface area contributed by atoms with Gasteiger partial charge in [-0.05, 0) is 49.6 Å². The molecule has 1 atom stereocenters. The monoisotopic (exact) mass is 406 g/mol. The largest absolute Gasteiger partial charge is 0.508 e. The molecule has 0 fully saturated rings. The number of carbonyl (C=O) groups is 1. The summed E-state index contributed by atoms with van der Waals surface area (Å²) in [6.07, 6.45) is 0.632. The number of hydrogen-bond donors (Lipinski definition) is 2. The van der Waals surface area contributed by atoms with Gasteiger partial charge in [-0.15, -0.1) is 10.2 Å². The Morgan fingerprint density at radius 1 is 1.14 bits per heavy atom. The van der Waals surface area contributed by atoms with Gasteiger partial charge in [-0.25, -0.2) is 0 Å². The Morgan fingerprint density at radius 2 is 1.93 bits per heavy atom. The number of aryl methyl sites for hydroxylation is 2. The van der Waals surface area contributed by atoms with E-state index in [2.05, 4.69) is 41.5 Å². The van der Waals surface area contributed by atoms with Crippen molar-refractivity contribution in [3.63, 3.8) is 0 Å². The highest BCUT2D eigenvalue weighted by atomic mass is 32.2. The molecule has 1 amide bonds. The summed E-state index contributed by atoms with van der Waals surface area (Å²) in [6.45, 7) is 6.11. The zero-order valence-corrected chi connectivity index (χ0v) is 17.3. The Labute approximate surface area is 173 Å². The lowest BCUT2D eigenvalue weighted by Gasteiger charge is -2.15. The van der Waals surface area contributed by atoms with Crippen LogP contribution in [0.15, 0.2) is 53.7 Å². The highest BCUT2D eigenvalue weighted by molar-refractivity contribution is 8.00. The lowest BCUT2D eigenvalue weighted by molar-refractivity contribution is -0.115. The van der Waals surface area contributed by atoms with Gasteiger partial charge in [-0.3, -0.25) is 9.20 Å². The molecule has 0 saturated heterocycles. The lowest BCUT2D eigenvalue weighted by Crippen LogP contribution is -2.24. The molecule has 0 aliphatic heterocycles. The topological polar surface area (TPSA) is 79.5 Å². The highest BCUT2D eigenvalue weighted by Gasteiger charge is 2.22. The summed E-state index contributed by atoms with van der Waals surface area (Å²) in [5, 5.41) is 22.7. The molecule has 0 bridgehead atoms. The van der Waals surface area contributed by atoms with Crippen molar-refractivity contribution in [3.05, 3.63) is 59.7 Å². The second-order valence-corrected chi connectivity index (χ2v) is 8.20. The summed E-state index contributed by atoms with van der Waals surface area (Å²) < 4.78 is 2.03. The lowest BCUT2D eigenvalue weighted by atomic mass is 10.1. The molecule has 0 saturated carbocycles. The third kappa shape index (κ3) is 3.65. The van der Waals surface area contributed by atoms with Gasteiger partial charge in [0.2, 0.25) is 5.91 Å². The van der Waals surface area contributed by atoms with E-state index in [1.807, 2.05) is 23.5 Å². The van der Waals surface area contributed by atoms with Gasteiger partial charge in [0.05, 0.1) is 10.8 Å². The first-order valence-corrected chi connectivity index (χ1v) is 10.4. The number of phenolic OH excluding ortho intramolecular Hbond substituents is 1. The summed E-state index contributed by atoms with van der Waals surface area (Å²) in [7, 11) is 0. The molecule has 2 aromatic heterocycles. The van der Waals surface area contributed by atoms with Gasteiger partial charge in [-0.1, -0.05) is 43.0 Å². The zero-order chi connectivity index (χ0) is 20.5. The minimum absolute atomic E-state index is 0.115. The van der Waals surface area contributed by atoms with Crippen molar-refractivity contribution >= 4 is 39.9 Å². The Bertz CT molecular complexity index is 1220. The number of benzene rings is 2. The number of aromatic hydroxyl groups is 1. The van der Waals surface area contributed by atoms with E-state index in [-0.39, 0.29) is 16.9 Å². The fraction of sp³-hybridized carbons (Fsp3) is 0.227. The van der Waals surface area contributed by atoms with Crippen LogP contribution in [0.5, 0.6) is 5.75 Å². The van der Waals surface area contributed by atoms with Gasteiger partial charge in [-0.2, -0.15) is 0 Å². The van der Waals surface area contributed by atoms with E-state index in [9.17, 15) is 9.90 Å². The van der Waals surface area contributed by atoms with E-state index in [0.717, 1.165) is 27.7 Å². The number of anilines is 1. The smallest absolute Gasteiger partial charge is 0.237 e. The van der Waals surface area contributed by atoms with E-state index in [4.69, 9.17) is 0 Å². The molecule has 2 heterocycles.